The van der Waals surface area contributed by atoms with Crippen molar-refractivity contribution in [2.75, 3.05) is 26.7 Å². The predicted molar refractivity (Wildman–Crippen MR) is 69.8 cm³/mol. The molecule has 1 unspecified atom stereocenters. The Balaban J connectivity index is 2.36. The molecule has 0 aromatic rings. The Kier molecular flexibility index (Phi) is 5.77. The van der Waals surface area contributed by atoms with Gasteiger partial charge in [0.25, 0.3) is 0 Å². The number of methoxy groups -OCH3 is 1. The Morgan fingerprint density at radius 1 is 1.25 bits per heavy atom. The van der Waals surface area contributed by atoms with Crippen LogP contribution in [-0.4, -0.2) is 37.7 Å². The Morgan fingerprint density at radius 2 is 1.88 bits per heavy atom. The fourth-order valence-electron chi connectivity index (χ4n) is 2.81. The Morgan fingerprint density at radius 3 is 2.31 bits per heavy atom. The number of ether oxygens (including phenoxy) is 1. The molecule has 0 saturated carbocycles. The van der Waals surface area contributed by atoms with Crippen LogP contribution < -0.4 is 0 Å². The van der Waals surface area contributed by atoms with Crippen LogP contribution in [0.5, 0.6) is 0 Å². The van der Waals surface area contributed by atoms with Gasteiger partial charge in [-0.15, -0.1) is 0 Å². The van der Waals surface area contributed by atoms with Crippen LogP contribution in [0.1, 0.15) is 52.9 Å². The van der Waals surface area contributed by atoms with Gasteiger partial charge in [-0.25, -0.2) is 0 Å². The molecule has 0 spiro atoms. The van der Waals surface area contributed by atoms with Crippen LogP contribution in [0.4, 0.5) is 0 Å². The van der Waals surface area contributed by atoms with E-state index in [0.29, 0.717) is 11.5 Å². The van der Waals surface area contributed by atoms with Crippen LogP contribution in [0.25, 0.3) is 0 Å². The molecule has 16 heavy (non-hydrogen) atoms. The molecule has 0 aromatic heterocycles. The van der Waals surface area contributed by atoms with Gasteiger partial charge >= 0.3 is 0 Å². The lowest BCUT2D eigenvalue weighted by Gasteiger charge is -2.38. The van der Waals surface area contributed by atoms with E-state index in [1.165, 1.54) is 51.7 Å². The molecule has 1 atom stereocenters. The molecule has 0 aliphatic carbocycles. The van der Waals surface area contributed by atoms with E-state index >= 15 is 0 Å². The van der Waals surface area contributed by atoms with Gasteiger partial charge in [0.15, 0.2) is 0 Å². The number of likely N-dealkylation sites (tertiary alicyclic amines) is 1. The van der Waals surface area contributed by atoms with Crippen molar-refractivity contribution in [1.82, 2.24) is 4.90 Å². The maximum Gasteiger partial charge on any atom is 0.0595 e. The second-order valence-corrected chi connectivity index (χ2v) is 5.63. The minimum atomic E-state index is 0.510. The first-order chi connectivity index (χ1) is 7.63. The first-order valence-electron chi connectivity index (χ1n) is 6.88. The Labute approximate surface area is 101 Å². The topological polar surface area (TPSA) is 12.5 Å². The van der Waals surface area contributed by atoms with Gasteiger partial charge in [0.05, 0.1) is 6.10 Å². The third kappa shape index (κ3) is 4.06. The van der Waals surface area contributed by atoms with E-state index in [1.807, 2.05) is 7.11 Å². The maximum atomic E-state index is 5.42. The number of piperidine rings is 1. The number of hydrogen-bond acceptors (Lipinski definition) is 2. The van der Waals surface area contributed by atoms with Gasteiger partial charge < -0.3 is 9.64 Å². The third-order valence-electron chi connectivity index (χ3n) is 4.18. The minimum Gasteiger partial charge on any atom is -0.381 e. The lowest BCUT2D eigenvalue weighted by molar-refractivity contribution is 0.0262. The molecular formula is C14H29NO. The average Bonchev–Trinajstić information content (AvgIpc) is 2.30. The van der Waals surface area contributed by atoms with Crippen molar-refractivity contribution in [3.63, 3.8) is 0 Å². The van der Waals surface area contributed by atoms with Crippen LogP contribution in [0.2, 0.25) is 0 Å². The van der Waals surface area contributed by atoms with Gasteiger partial charge in [-0.1, -0.05) is 27.2 Å². The fourth-order valence-corrected chi connectivity index (χ4v) is 2.81. The summed E-state index contributed by atoms with van der Waals surface area (Å²) in [5.41, 5.74) is 0.522. The van der Waals surface area contributed by atoms with E-state index in [4.69, 9.17) is 4.74 Å². The van der Waals surface area contributed by atoms with Crippen molar-refractivity contribution in [3.05, 3.63) is 0 Å². The molecule has 1 aliphatic heterocycles. The summed E-state index contributed by atoms with van der Waals surface area (Å²) in [4.78, 5) is 2.63. The third-order valence-corrected chi connectivity index (χ3v) is 4.18. The second-order valence-electron chi connectivity index (χ2n) is 5.63. The van der Waals surface area contributed by atoms with Crippen molar-refractivity contribution >= 4 is 0 Å². The molecule has 0 aromatic carbocycles. The van der Waals surface area contributed by atoms with Gasteiger partial charge in [-0.3, -0.25) is 0 Å². The van der Waals surface area contributed by atoms with E-state index in [2.05, 4.69) is 25.7 Å². The quantitative estimate of drug-likeness (QED) is 0.690. The zero-order valence-corrected chi connectivity index (χ0v) is 11.6. The minimum absolute atomic E-state index is 0.510. The summed E-state index contributed by atoms with van der Waals surface area (Å²) < 4.78 is 5.42. The van der Waals surface area contributed by atoms with Gasteiger partial charge in [0, 0.05) is 26.7 Å². The first-order valence-corrected chi connectivity index (χ1v) is 6.88. The van der Waals surface area contributed by atoms with Crippen LogP contribution >= 0.6 is 0 Å². The fraction of sp³-hybridized carbons (Fsp3) is 1.00. The van der Waals surface area contributed by atoms with E-state index < -0.39 is 0 Å². The molecule has 2 heteroatoms. The normalized spacial score (nSPS) is 23.2. The lowest BCUT2D eigenvalue weighted by Crippen LogP contribution is -2.42. The molecule has 96 valence electrons. The summed E-state index contributed by atoms with van der Waals surface area (Å²) in [6.45, 7) is 10.8. The van der Waals surface area contributed by atoms with Crippen molar-refractivity contribution < 1.29 is 4.74 Å². The molecule has 0 bridgehead atoms. The summed E-state index contributed by atoms with van der Waals surface area (Å²) in [5.74, 6) is 0. The monoisotopic (exact) mass is 227 g/mol. The molecule has 1 aliphatic rings. The molecule has 0 N–H and O–H groups in total. The van der Waals surface area contributed by atoms with Gasteiger partial charge in [0.2, 0.25) is 0 Å². The van der Waals surface area contributed by atoms with Crippen LogP contribution in [0.3, 0.4) is 0 Å². The van der Waals surface area contributed by atoms with E-state index in [-0.39, 0.29) is 0 Å². The lowest BCUT2D eigenvalue weighted by atomic mass is 9.82. The van der Waals surface area contributed by atoms with Crippen molar-refractivity contribution in [2.24, 2.45) is 5.41 Å². The number of nitrogens with zero attached hydrogens (tertiary/aromatic N) is 1. The molecule has 0 radical (unpaired) electrons. The summed E-state index contributed by atoms with van der Waals surface area (Å²) in [5, 5.41) is 0. The van der Waals surface area contributed by atoms with Crippen molar-refractivity contribution in [1.29, 1.82) is 0 Å². The molecule has 1 fully saturated rings. The summed E-state index contributed by atoms with van der Waals surface area (Å²) in [6.07, 6.45) is 6.89. The average molecular weight is 227 g/mol. The second kappa shape index (κ2) is 6.61. The zero-order valence-electron chi connectivity index (χ0n) is 11.6. The van der Waals surface area contributed by atoms with Gasteiger partial charge in [0.1, 0.15) is 0 Å². The molecule has 2 nitrogen and oxygen atoms in total. The molecule has 0 amide bonds. The largest absolute Gasteiger partial charge is 0.381 e. The van der Waals surface area contributed by atoms with Gasteiger partial charge in [-0.05, 0) is 31.1 Å². The summed E-state index contributed by atoms with van der Waals surface area (Å²) >= 11 is 0. The highest BCUT2D eigenvalue weighted by Crippen LogP contribution is 2.29. The highest BCUT2D eigenvalue weighted by molar-refractivity contribution is 4.80. The highest BCUT2D eigenvalue weighted by atomic mass is 16.5. The first kappa shape index (κ1) is 14.0. The van der Waals surface area contributed by atoms with E-state index in [9.17, 15) is 0 Å². The predicted octanol–water partition coefficient (Wildman–Crippen LogP) is 3.31. The van der Waals surface area contributed by atoms with Gasteiger partial charge in [-0.2, -0.15) is 0 Å². The molecule has 1 rings (SSSR count). The number of hydrogen-bond donors (Lipinski definition) is 0. The van der Waals surface area contributed by atoms with Crippen molar-refractivity contribution in [2.45, 2.75) is 59.0 Å². The Bertz CT molecular complexity index is 187. The Hall–Kier alpha value is -0.0800. The zero-order chi connectivity index (χ0) is 12.0. The smallest absolute Gasteiger partial charge is 0.0595 e. The van der Waals surface area contributed by atoms with E-state index in [1.54, 1.807) is 0 Å². The standard InChI is InChI=1S/C14H29NO/c1-5-9-14(3,6-2)12-15-10-7-13(16-4)8-11-15/h13H,5-12H2,1-4H3. The van der Waals surface area contributed by atoms with Crippen LogP contribution in [0, 0.1) is 5.41 Å². The summed E-state index contributed by atoms with van der Waals surface area (Å²) in [7, 11) is 1.84. The molecule has 1 saturated heterocycles. The highest BCUT2D eigenvalue weighted by Gasteiger charge is 2.27. The van der Waals surface area contributed by atoms with Crippen molar-refractivity contribution in [3.8, 4) is 0 Å². The van der Waals surface area contributed by atoms with Crippen LogP contribution in [-0.2, 0) is 4.74 Å². The summed E-state index contributed by atoms with van der Waals surface area (Å²) in [6, 6.07) is 0. The number of rotatable bonds is 6. The molecular weight excluding hydrogens is 198 g/mol. The maximum absolute atomic E-state index is 5.42. The molecule has 1 heterocycles. The SMILES string of the molecule is CCCC(C)(CC)CN1CCC(OC)CC1. The van der Waals surface area contributed by atoms with E-state index in [0.717, 1.165) is 0 Å². The van der Waals surface area contributed by atoms with Crippen LogP contribution in [0.15, 0.2) is 0 Å².